The first-order valence-corrected chi connectivity index (χ1v) is 23.4. The van der Waals surface area contributed by atoms with E-state index >= 15 is 0 Å². The fourth-order valence-corrected chi connectivity index (χ4v) is 7.45. The topological polar surface area (TPSA) is 134 Å². The minimum atomic E-state index is -1.62. The lowest BCUT2D eigenvalue weighted by atomic mass is 9.86. The number of rotatable bonds is 43. The molecule has 7 nitrogen and oxygen atoms in total. The van der Waals surface area contributed by atoms with E-state index in [0.29, 0.717) is 26.0 Å². The number of hydrogen-bond donors (Lipinski definition) is 3. The summed E-state index contributed by atoms with van der Waals surface area (Å²) in [6.45, 7) is 5.21. The van der Waals surface area contributed by atoms with E-state index in [4.69, 9.17) is 21.9 Å². The van der Waals surface area contributed by atoms with Gasteiger partial charge in [-0.15, -0.1) is 0 Å². The Morgan fingerprint density at radius 1 is 0.453 bits per heavy atom. The van der Waals surface area contributed by atoms with Gasteiger partial charge in [0, 0.05) is 13.0 Å². The van der Waals surface area contributed by atoms with Crippen molar-refractivity contribution in [2.75, 3.05) is 13.2 Å². The molecule has 314 valence electrons. The monoisotopic (exact) mass is 749 g/mol. The summed E-state index contributed by atoms with van der Waals surface area (Å²) in [5.74, 6) is -0.810. The molecule has 0 bridgehead atoms. The maximum atomic E-state index is 13.3. The predicted molar refractivity (Wildman–Crippen MR) is 230 cm³/mol. The molecule has 0 fully saturated rings. The van der Waals surface area contributed by atoms with Crippen LogP contribution in [0.15, 0.2) is 4.99 Å². The standard InChI is InChI=1S/C46H92N4O3/c1-3-5-7-9-11-13-15-17-19-20-21-22-23-25-27-29-31-33-35-37-42-53-44(52)46(49,40-38-41-50-45(47)48)43(51)39-36-34-32-30-28-26-24-18-16-14-12-10-8-6-4-2/h3-42,49H2,1-2H3,(H4,47,48,50)/t46-/m1/s1. The highest BCUT2D eigenvalue weighted by molar-refractivity contribution is 6.08. The van der Waals surface area contributed by atoms with E-state index in [1.54, 1.807) is 0 Å². The van der Waals surface area contributed by atoms with E-state index in [-0.39, 0.29) is 18.2 Å². The summed E-state index contributed by atoms with van der Waals surface area (Å²) in [6.07, 6.45) is 46.5. The molecule has 0 heterocycles. The number of nitrogens with zero attached hydrogens (tertiary/aromatic N) is 1. The average molecular weight is 749 g/mol. The maximum Gasteiger partial charge on any atom is 0.333 e. The second kappa shape index (κ2) is 40.0. The predicted octanol–water partition coefficient (Wildman–Crippen LogP) is 12.9. The molecule has 0 unspecified atom stereocenters. The van der Waals surface area contributed by atoms with Crippen molar-refractivity contribution in [3.05, 3.63) is 0 Å². The first kappa shape index (κ1) is 51.4. The summed E-state index contributed by atoms with van der Waals surface area (Å²) in [4.78, 5) is 30.4. The Balaban J connectivity index is 4.01. The highest BCUT2D eigenvalue weighted by Crippen LogP contribution is 2.20. The SMILES string of the molecule is CCCCCCCCCCCCCCCCCCCCCCOC(=O)[C@@](N)(CCCN=C(N)N)C(=O)CCCCCCCCCCCCCCCCC. The van der Waals surface area contributed by atoms with E-state index in [1.165, 1.54) is 186 Å². The number of ether oxygens (including phenoxy) is 1. The summed E-state index contributed by atoms with van der Waals surface area (Å²) >= 11 is 0. The number of nitrogens with two attached hydrogens (primary N) is 3. The first-order chi connectivity index (χ1) is 25.9. The molecule has 0 aliphatic heterocycles. The Labute approximate surface area is 330 Å². The van der Waals surface area contributed by atoms with Crippen LogP contribution in [0.3, 0.4) is 0 Å². The highest BCUT2D eigenvalue weighted by atomic mass is 16.5. The van der Waals surface area contributed by atoms with Gasteiger partial charge in [0.05, 0.1) is 6.61 Å². The summed E-state index contributed by atoms with van der Waals surface area (Å²) < 4.78 is 5.60. The Morgan fingerprint density at radius 3 is 1.08 bits per heavy atom. The first-order valence-electron chi connectivity index (χ1n) is 23.4. The van der Waals surface area contributed by atoms with Gasteiger partial charge in [-0.25, -0.2) is 4.79 Å². The van der Waals surface area contributed by atoms with Crippen molar-refractivity contribution >= 4 is 17.7 Å². The maximum absolute atomic E-state index is 13.3. The van der Waals surface area contributed by atoms with Crippen LogP contribution < -0.4 is 17.2 Å². The minimum Gasteiger partial charge on any atom is -0.464 e. The Bertz CT molecular complexity index is 832. The number of guanidine groups is 1. The molecule has 0 aliphatic carbocycles. The van der Waals surface area contributed by atoms with Gasteiger partial charge in [0.2, 0.25) is 0 Å². The number of unbranched alkanes of at least 4 members (excludes halogenated alkanes) is 33. The van der Waals surface area contributed by atoms with Crippen LogP contribution in [-0.2, 0) is 14.3 Å². The van der Waals surface area contributed by atoms with Crippen LogP contribution in [0.1, 0.15) is 258 Å². The third kappa shape index (κ3) is 34.6. The Morgan fingerprint density at radius 2 is 0.755 bits per heavy atom. The van der Waals surface area contributed by atoms with Crippen LogP contribution in [0.4, 0.5) is 0 Å². The molecule has 0 radical (unpaired) electrons. The molecule has 7 heteroatoms. The molecule has 0 amide bonds. The van der Waals surface area contributed by atoms with Crippen molar-refractivity contribution in [1.82, 2.24) is 0 Å². The largest absolute Gasteiger partial charge is 0.464 e. The fraction of sp³-hybridized carbons (Fsp3) is 0.935. The number of Topliss-reactive ketones (excluding diaryl/α,β-unsaturated/α-hetero) is 1. The van der Waals surface area contributed by atoms with E-state index in [1.807, 2.05) is 0 Å². The lowest BCUT2D eigenvalue weighted by molar-refractivity contribution is -0.154. The van der Waals surface area contributed by atoms with Crippen LogP contribution in [0.2, 0.25) is 0 Å². The number of hydrogen-bond acceptors (Lipinski definition) is 5. The lowest BCUT2D eigenvalue weighted by Crippen LogP contribution is -2.56. The number of ketones is 1. The smallest absolute Gasteiger partial charge is 0.333 e. The van der Waals surface area contributed by atoms with Crippen LogP contribution in [0.25, 0.3) is 0 Å². The van der Waals surface area contributed by atoms with Gasteiger partial charge in [-0.05, 0) is 25.7 Å². The molecule has 0 saturated carbocycles. The van der Waals surface area contributed by atoms with Crippen molar-refractivity contribution in [3.63, 3.8) is 0 Å². The molecule has 1 atom stereocenters. The van der Waals surface area contributed by atoms with Gasteiger partial charge >= 0.3 is 5.97 Å². The van der Waals surface area contributed by atoms with Crippen molar-refractivity contribution < 1.29 is 14.3 Å². The van der Waals surface area contributed by atoms with Gasteiger partial charge in [0.15, 0.2) is 17.3 Å². The van der Waals surface area contributed by atoms with Gasteiger partial charge in [-0.1, -0.05) is 226 Å². The van der Waals surface area contributed by atoms with E-state index < -0.39 is 11.5 Å². The molecule has 0 aromatic rings. The highest BCUT2D eigenvalue weighted by Gasteiger charge is 2.42. The van der Waals surface area contributed by atoms with Crippen molar-refractivity contribution in [3.8, 4) is 0 Å². The van der Waals surface area contributed by atoms with Crippen molar-refractivity contribution in [2.24, 2.45) is 22.2 Å². The minimum absolute atomic E-state index is 0.00100. The summed E-state index contributed by atoms with van der Waals surface area (Å²) in [5.41, 5.74) is 15.8. The molecule has 6 N–H and O–H groups in total. The molecule has 0 aliphatic rings. The summed E-state index contributed by atoms with van der Waals surface area (Å²) in [7, 11) is 0. The molecule has 0 spiro atoms. The van der Waals surface area contributed by atoms with Gasteiger partial charge in [-0.2, -0.15) is 0 Å². The zero-order valence-corrected chi connectivity index (χ0v) is 35.7. The molecule has 0 saturated heterocycles. The number of aliphatic imine (C=N–C) groups is 1. The quantitative estimate of drug-likeness (QED) is 0.0187. The van der Waals surface area contributed by atoms with Gasteiger partial charge in [0.1, 0.15) is 0 Å². The number of esters is 1. The van der Waals surface area contributed by atoms with Crippen LogP contribution >= 0.6 is 0 Å². The number of carbonyl (C=O) groups excluding carboxylic acids is 2. The number of carbonyl (C=O) groups is 2. The summed E-state index contributed by atoms with van der Waals surface area (Å²) in [6, 6.07) is 0. The van der Waals surface area contributed by atoms with Gasteiger partial charge < -0.3 is 21.9 Å². The molecule has 0 aromatic carbocycles. The Hall–Kier alpha value is -1.63. The molecular formula is C46H92N4O3. The van der Waals surface area contributed by atoms with Gasteiger partial charge in [-0.3, -0.25) is 9.79 Å². The lowest BCUT2D eigenvalue weighted by Gasteiger charge is -2.26. The average Bonchev–Trinajstić information content (AvgIpc) is 3.15. The zero-order valence-electron chi connectivity index (χ0n) is 35.7. The third-order valence-electron chi connectivity index (χ3n) is 11.1. The van der Waals surface area contributed by atoms with Gasteiger partial charge in [0.25, 0.3) is 0 Å². The van der Waals surface area contributed by atoms with Crippen LogP contribution in [-0.4, -0.2) is 36.4 Å². The molecule has 0 aromatic heterocycles. The third-order valence-corrected chi connectivity index (χ3v) is 11.1. The Kier molecular flexibility index (Phi) is 38.8. The second-order valence-corrected chi connectivity index (χ2v) is 16.4. The molecule has 0 rings (SSSR count). The van der Waals surface area contributed by atoms with Crippen molar-refractivity contribution in [2.45, 2.75) is 263 Å². The normalized spacial score (nSPS) is 12.5. The molecule has 53 heavy (non-hydrogen) atoms. The van der Waals surface area contributed by atoms with E-state index in [2.05, 4.69) is 18.8 Å². The molecular weight excluding hydrogens is 657 g/mol. The second-order valence-electron chi connectivity index (χ2n) is 16.4. The van der Waals surface area contributed by atoms with E-state index in [0.717, 1.165) is 38.5 Å². The zero-order chi connectivity index (χ0) is 38.9. The summed E-state index contributed by atoms with van der Waals surface area (Å²) in [5, 5.41) is 0. The fourth-order valence-electron chi connectivity index (χ4n) is 7.45. The van der Waals surface area contributed by atoms with Crippen LogP contribution in [0, 0.1) is 0 Å². The van der Waals surface area contributed by atoms with E-state index in [9.17, 15) is 9.59 Å². The van der Waals surface area contributed by atoms with Crippen molar-refractivity contribution in [1.29, 1.82) is 0 Å². The van der Waals surface area contributed by atoms with Crippen LogP contribution in [0.5, 0.6) is 0 Å².